The average Bonchev–Trinajstić information content (AvgIpc) is 2.16. The summed E-state index contributed by atoms with van der Waals surface area (Å²) in [6, 6.07) is 2.48. The maximum atomic E-state index is 11.3. The Morgan fingerprint density at radius 2 is 2.20 bits per heavy atom. The molecule has 0 unspecified atom stereocenters. The highest BCUT2D eigenvalue weighted by Crippen LogP contribution is 2.14. The van der Waals surface area contributed by atoms with Crippen LogP contribution in [0.1, 0.15) is 17.4 Å². The second kappa shape index (κ2) is 4.27. The third-order valence-corrected chi connectivity index (χ3v) is 1.49. The number of carbonyl (C=O) groups is 2. The molecule has 0 radical (unpaired) electrons. The summed E-state index contributed by atoms with van der Waals surface area (Å²) < 4.78 is 0. The number of imide groups is 1. The Bertz CT molecular complexity index is 430. The molecule has 15 heavy (non-hydrogen) atoms. The van der Waals surface area contributed by atoms with Crippen LogP contribution in [0.2, 0.25) is 0 Å². The molecule has 0 aliphatic carbocycles. The molecule has 0 aliphatic heterocycles. The van der Waals surface area contributed by atoms with Crippen LogP contribution in [0.3, 0.4) is 0 Å². The Balaban J connectivity index is 3.08. The van der Waals surface area contributed by atoms with Crippen molar-refractivity contribution < 1.29 is 14.5 Å². The summed E-state index contributed by atoms with van der Waals surface area (Å²) in [6.45, 7) is 1.13. The second-order valence-corrected chi connectivity index (χ2v) is 2.64. The largest absolute Gasteiger partial charge is 0.300 e. The van der Waals surface area contributed by atoms with E-state index in [1.807, 2.05) is 5.32 Å². The Kier molecular flexibility index (Phi) is 3.06. The van der Waals surface area contributed by atoms with Gasteiger partial charge in [0.25, 0.3) is 5.91 Å². The molecular formula is C8H7N3O4. The van der Waals surface area contributed by atoms with Crippen LogP contribution in [-0.2, 0) is 4.79 Å². The zero-order valence-corrected chi connectivity index (χ0v) is 7.76. The third kappa shape index (κ3) is 2.56. The van der Waals surface area contributed by atoms with Crippen molar-refractivity contribution in [3.8, 4) is 0 Å². The molecule has 1 aromatic rings. The van der Waals surface area contributed by atoms with Crippen LogP contribution >= 0.6 is 0 Å². The van der Waals surface area contributed by atoms with Gasteiger partial charge in [-0.1, -0.05) is 0 Å². The maximum absolute atomic E-state index is 11.3. The molecule has 0 aromatic carbocycles. The fraction of sp³-hybridized carbons (Fsp3) is 0.125. The van der Waals surface area contributed by atoms with Crippen LogP contribution < -0.4 is 5.32 Å². The molecule has 1 heterocycles. The van der Waals surface area contributed by atoms with Gasteiger partial charge in [0.1, 0.15) is 0 Å². The predicted octanol–water partition coefficient (Wildman–Crippen LogP) is 0.266. The summed E-state index contributed by atoms with van der Waals surface area (Å²) in [7, 11) is 0. The highest BCUT2D eigenvalue weighted by Gasteiger charge is 2.21. The van der Waals surface area contributed by atoms with Crippen molar-refractivity contribution in [3.63, 3.8) is 0 Å². The summed E-state index contributed by atoms with van der Waals surface area (Å²) in [4.78, 5) is 35.2. The summed E-state index contributed by atoms with van der Waals surface area (Å²) in [5, 5.41) is 12.4. The number of amides is 2. The minimum absolute atomic E-state index is 0.377. The molecule has 2 amide bonds. The minimum Gasteiger partial charge on any atom is -0.291 e. The monoisotopic (exact) mass is 209 g/mol. The van der Waals surface area contributed by atoms with Gasteiger partial charge in [-0.15, -0.1) is 0 Å². The third-order valence-electron chi connectivity index (χ3n) is 1.49. The van der Waals surface area contributed by atoms with Crippen molar-refractivity contribution in [2.45, 2.75) is 6.92 Å². The lowest BCUT2D eigenvalue weighted by Gasteiger charge is -2.00. The molecule has 7 nitrogen and oxygen atoms in total. The van der Waals surface area contributed by atoms with Gasteiger partial charge < -0.3 is 0 Å². The molecule has 0 atom stereocenters. The quantitative estimate of drug-likeness (QED) is 0.556. The van der Waals surface area contributed by atoms with Crippen LogP contribution in [0.5, 0.6) is 0 Å². The summed E-state index contributed by atoms with van der Waals surface area (Å²) >= 11 is 0. The van der Waals surface area contributed by atoms with E-state index < -0.39 is 22.4 Å². The number of nitro groups is 1. The van der Waals surface area contributed by atoms with Crippen LogP contribution in [-0.4, -0.2) is 21.7 Å². The number of rotatable bonds is 2. The summed E-state index contributed by atoms with van der Waals surface area (Å²) in [6.07, 6.45) is 1.24. The van der Waals surface area contributed by atoms with Crippen molar-refractivity contribution in [1.82, 2.24) is 10.3 Å². The first-order chi connectivity index (χ1) is 7.02. The molecule has 78 valence electrons. The molecule has 0 aliphatic rings. The SMILES string of the molecule is CC(=O)NC(=O)c1ncccc1[N+](=O)[O-]. The molecule has 0 bridgehead atoms. The van der Waals surface area contributed by atoms with E-state index in [2.05, 4.69) is 4.98 Å². The normalized spacial score (nSPS) is 9.40. The Morgan fingerprint density at radius 3 is 2.73 bits per heavy atom. The topological polar surface area (TPSA) is 102 Å². The van der Waals surface area contributed by atoms with Crippen LogP contribution in [0, 0.1) is 10.1 Å². The van der Waals surface area contributed by atoms with Crippen LogP contribution in [0.4, 0.5) is 5.69 Å². The number of aromatic nitrogens is 1. The lowest BCUT2D eigenvalue weighted by atomic mass is 10.3. The average molecular weight is 209 g/mol. The van der Waals surface area contributed by atoms with E-state index >= 15 is 0 Å². The van der Waals surface area contributed by atoms with Gasteiger partial charge in [0.05, 0.1) is 4.92 Å². The molecule has 0 spiro atoms. The number of nitrogens with one attached hydrogen (secondary N) is 1. The fourth-order valence-corrected chi connectivity index (χ4v) is 0.938. The van der Waals surface area contributed by atoms with Gasteiger partial charge in [-0.3, -0.25) is 25.0 Å². The molecule has 0 fully saturated rings. The lowest BCUT2D eigenvalue weighted by Crippen LogP contribution is -2.29. The first-order valence-corrected chi connectivity index (χ1v) is 3.93. The van der Waals surface area contributed by atoms with Crippen molar-refractivity contribution in [2.75, 3.05) is 0 Å². The number of pyridine rings is 1. The van der Waals surface area contributed by atoms with Gasteiger partial charge in [-0.2, -0.15) is 0 Å². The van der Waals surface area contributed by atoms with Gasteiger partial charge in [-0.25, -0.2) is 4.98 Å². The smallest absolute Gasteiger partial charge is 0.291 e. The standard InChI is InChI=1S/C8H7N3O4/c1-5(12)10-8(13)7-6(11(14)15)3-2-4-9-7/h2-4H,1H3,(H,10,12,13). The van der Waals surface area contributed by atoms with Crippen molar-refractivity contribution in [2.24, 2.45) is 0 Å². The first kappa shape index (κ1) is 10.8. The zero-order chi connectivity index (χ0) is 11.4. The maximum Gasteiger partial charge on any atom is 0.300 e. The number of hydrogen-bond donors (Lipinski definition) is 1. The molecule has 7 heteroatoms. The van der Waals surface area contributed by atoms with Gasteiger partial charge >= 0.3 is 5.69 Å². The van der Waals surface area contributed by atoms with Crippen LogP contribution in [0.25, 0.3) is 0 Å². The highest BCUT2D eigenvalue weighted by molar-refractivity contribution is 6.05. The van der Waals surface area contributed by atoms with Gasteiger partial charge in [0.15, 0.2) is 0 Å². The van der Waals surface area contributed by atoms with Gasteiger partial charge in [0.2, 0.25) is 11.6 Å². The van der Waals surface area contributed by atoms with Crippen LogP contribution in [0.15, 0.2) is 18.3 Å². The van der Waals surface area contributed by atoms with E-state index in [1.165, 1.54) is 12.3 Å². The van der Waals surface area contributed by atoms with E-state index in [1.54, 1.807) is 0 Å². The van der Waals surface area contributed by atoms with Crippen molar-refractivity contribution >= 4 is 17.5 Å². The second-order valence-electron chi connectivity index (χ2n) is 2.64. The van der Waals surface area contributed by atoms with E-state index in [0.29, 0.717) is 0 Å². The minimum atomic E-state index is -0.880. The number of hydrogen-bond acceptors (Lipinski definition) is 5. The summed E-state index contributed by atoms with van der Waals surface area (Å²) in [5.41, 5.74) is -0.811. The predicted molar refractivity (Wildman–Crippen MR) is 49.0 cm³/mol. The molecule has 0 saturated heterocycles. The Labute approximate surface area is 84.3 Å². The lowest BCUT2D eigenvalue weighted by molar-refractivity contribution is -0.385. The number of nitrogens with zero attached hydrogens (tertiary/aromatic N) is 2. The van der Waals surface area contributed by atoms with Gasteiger partial charge in [0, 0.05) is 19.2 Å². The molecule has 0 saturated carbocycles. The van der Waals surface area contributed by atoms with E-state index in [-0.39, 0.29) is 5.69 Å². The first-order valence-electron chi connectivity index (χ1n) is 3.93. The molecule has 1 rings (SSSR count). The fourth-order valence-electron chi connectivity index (χ4n) is 0.938. The Morgan fingerprint density at radius 1 is 1.53 bits per heavy atom. The van der Waals surface area contributed by atoms with E-state index in [0.717, 1.165) is 13.0 Å². The van der Waals surface area contributed by atoms with Gasteiger partial charge in [-0.05, 0) is 6.07 Å². The van der Waals surface area contributed by atoms with E-state index in [4.69, 9.17) is 0 Å². The highest BCUT2D eigenvalue weighted by atomic mass is 16.6. The summed E-state index contributed by atoms with van der Waals surface area (Å²) in [5.74, 6) is -1.48. The zero-order valence-electron chi connectivity index (χ0n) is 7.76. The van der Waals surface area contributed by atoms with Crippen molar-refractivity contribution in [1.29, 1.82) is 0 Å². The number of carbonyl (C=O) groups excluding carboxylic acids is 2. The Hall–Kier alpha value is -2.31. The molecule has 1 aromatic heterocycles. The molecular weight excluding hydrogens is 202 g/mol. The van der Waals surface area contributed by atoms with Crippen molar-refractivity contribution in [3.05, 3.63) is 34.1 Å². The molecule has 1 N–H and O–H groups in total. The van der Waals surface area contributed by atoms with E-state index in [9.17, 15) is 19.7 Å².